The van der Waals surface area contributed by atoms with Gasteiger partial charge in [-0.25, -0.2) is 4.79 Å². The molecule has 1 fully saturated rings. The molecule has 41 heavy (non-hydrogen) atoms. The average molecular weight is 583 g/mol. The summed E-state index contributed by atoms with van der Waals surface area (Å²) in [7, 11) is 0. The maximum absolute atomic E-state index is 13.4. The van der Waals surface area contributed by atoms with Gasteiger partial charge in [-0.05, 0) is 92.4 Å². The highest BCUT2D eigenvalue weighted by molar-refractivity contribution is 6.32. The summed E-state index contributed by atoms with van der Waals surface area (Å²) in [6.07, 6.45) is 4.22. The van der Waals surface area contributed by atoms with Gasteiger partial charge in [-0.3, -0.25) is 14.8 Å². The van der Waals surface area contributed by atoms with Gasteiger partial charge in [0.05, 0.1) is 23.9 Å². The molecule has 2 aromatic rings. The van der Waals surface area contributed by atoms with Crippen LogP contribution in [0.4, 0.5) is 10.5 Å². The van der Waals surface area contributed by atoms with Crippen molar-refractivity contribution in [3.05, 3.63) is 58.6 Å². The van der Waals surface area contributed by atoms with Crippen molar-refractivity contribution in [2.75, 3.05) is 26.2 Å². The molecule has 1 aliphatic rings. The van der Waals surface area contributed by atoms with Crippen molar-refractivity contribution in [1.29, 1.82) is 0 Å². The van der Waals surface area contributed by atoms with E-state index in [4.69, 9.17) is 21.1 Å². The predicted octanol–water partition coefficient (Wildman–Crippen LogP) is 7.12. The molecule has 222 valence electrons. The van der Waals surface area contributed by atoms with Crippen LogP contribution in [0, 0.1) is 11.3 Å². The van der Waals surface area contributed by atoms with Crippen LogP contribution in [-0.2, 0) is 11.3 Å². The fourth-order valence-corrected chi connectivity index (χ4v) is 5.23. The Labute approximate surface area is 249 Å². The molecule has 0 bridgehead atoms. The third-order valence-electron chi connectivity index (χ3n) is 7.19. The molecule has 0 heterocycles. The van der Waals surface area contributed by atoms with E-state index in [0.717, 1.165) is 24.8 Å². The van der Waals surface area contributed by atoms with Gasteiger partial charge >= 0.3 is 6.09 Å². The molecular weight excluding hydrogens is 540 g/mol. The minimum absolute atomic E-state index is 0.0665. The fraction of sp³-hybridized carbons (Fsp3) is 0.500. The van der Waals surface area contributed by atoms with Crippen molar-refractivity contribution in [3.63, 3.8) is 0 Å². The van der Waals surface area contributed by atoms with Gasteiger partial charge in [0.15, 0.2) is 0 Å². The van der Waals surface area contributed by atoms with E-state index in [1.807, 2.05) is 32.0 Å². The average Bonchev–Trinajstić information content (AvgIpc) is 2.94. The van der Waals surface area contributed by atoms with E-state index in [0.29, 0.717) is 67.1 Å². The summed E-state index contributed by atoms with van der Waals surface area (Å²) < 4.78 is 11.9. The van der Waals surface area contributed by atoms with Gasteiger partial charge in [0.25, 0.3) is 5.91 Å². The first-order valence-electron chi connectivity index (χ1n) is 14.2. The monoisotopic (exact) mass is 582 g/mol. The standard InChI is InChI=1S/C32H43ClN4O4/c1-23-8-6-9-27(18-23)41-31(39)37(16-7-17-40-29-15-10-24(20-34-4)19-28(29)33)22-32(2,3)21-36-30(38)25-11-13-26(35-5)14-12-25/h10-15,19,23,27H,4-9,16-18,20-22H2,1-3H3,(H,36,38). The summed E-state index contributed by atoms with van der Waals surface area (Å²) in [5.74, 6) is 0.952. The van der Waals surface area contributed by atoms with Crippen LogP contribution in [0.25, 0.3) is 0 Å². The van der Waals surface area contributed by atoms with Gasteiger partial charge in [-0.1, -0.05) is 44.9 Å². The normalized spacial score (nSPS) is 16.9. The van der Waals surface area contributed by atoms with E-state index >= 15 is 0 Å². The molecular formula is C32H43ClN4O4. The molecule has 2 unspecified atom stereocenters. The number of amides is 2. The van der Waals surface area contributed by atoms with Gasteiger partial charge in [0, 0.05) is 25.2 Å². The number of nitrogens with zero attached hydrogens (tertiary/aromatic N) is 3. The molecule has 9 heteroatoms. The number of carbonyl (C=O) groups is 2. The smallest absolute Gasteiger partial charge is 0.410 e. The number of carbonyl (C=O) groups excluding carboxylic acids is 2. The summed E-state index contributed by atoms with van der Waals surface area (Å²) in [6.45, 7) is 15.4. The molecule has 0 saturated heterocycles. The lowest BCUT2D eigenvalue weighted by Crippen LogP contribution is -2.46. The Balaban J connectivity index is 1.59. The number of hydrogen-bond donors (Lipinski definition) is 1. The Hall–Kier alpha value is -3.39. The molecule has 0 spiro atoms. The second kappa shape index (κ2) is 15.6. The van der Waals surface area contributed by atoms with Crippen molar-refractivity contribution in [2.45, 2.75) is 65.5 Å². The highest BCUT2D eigenvalue weighted by atomic mass is 35.5. The van der Waals surface area contributed by atoms with Crippen LogP contribution in [-0.4, -0.2) is 62.7 Å². The first-order chi connectivity index (χ1) is 19.6. The van der Waals surface area contributed by atoms with E-state index in [1.54, 1.807) is 29.2 Å². The van der Waals surface area contributed by atoms with Crippen LogP contribution in [0.1, 0.15) is 68.8 Å². The SMILES string of the molecule is C=NCc1ccc(OCCCN(CC(C)(C)CNC(=O)c2ccc(N=C)cc2)C(=O)OC2CCCC(C)C2)c(Cl)c1. The van der Waals surface area contributed by atoms with Crippen LogP contribution in [0.2, 0.25) is 5.02 Å². The topological polar surface area (TPSA) is 92.6 Å². The van der Waals surface area contributed by atoms with Crippen LogP contribution in [0.15, 0.2) is 52.4 Å². The Kier molecular flexibility index (Phi) is 12.2. The fourth-order valence-electron chi connectivity index (χ4n) is 4.98. The van der Waals surface area contributed by atoms with Crippen molar-refractivity contribution in [1.82, 2.24) is 10.2 Å². The molecule has 0 aromatic heterocycles. The highest BCUT2D eigenvalue weighted by Crippen LogP contribution is 2.28. The van der Waals surface area contributed by atoms with Gasteiger partial charge < -0.3 is 19.7 Å². The van der Waals surface area contributed by atoms with Crippen molar-refractivity contribution in [2.24, 2.45) is 21.3 Å². The number of halogens is 1. The molecule has 3 rings (SSSR count). The number of benzene rings is 2. The summed E-state index contributed by atoms with van der Waals surface area (Å²) in [4.78, 5) is 35.6. The number of hydrogen-bond acceptors (Lipinski definition) is 6. The Bertz CT molecular complexity index is 1180. The molecule has 1 aliphatic carbocycles. The molecule has 2 amide bonds. The Morgan fingerprint density at radius 2 is 1.90 bits per heavy atom. The lowest BCUT2D eigenvalue weighted by Gasteiger charge is -2.34. The molecule has 1 saturated carbocycles. The molecule has 8 nitrogen and oxygen atoms in total. The zero-order valence-electron chi connectivity index (χ0n) is 24.5. The predicted molar refractivity (Wildman–Crippen MR) is 166 cm³/mol. The van der Waals surface area contributed by atoms with Crippen molar-refractivity contribution < 1.29 is 19.1 Å². The van der Waals surface area contributed by atoms with E-state index in [9.17, 15) is 9.59 Å². The zero-order chi connectivity index (χ0) is 29.8. The minimum atomic E-state index is -0.406. The first-order valence-corrected chi connectivity index (χ1v) is 14.6. The van der Waals surface area contributed by atoms with Crippen molar-refractivity contribution >= 4 is 42.7 Å². The lowest BCUT2D eigenvalue weighted by molar-refractivity contribution is 0.0277. The second-order valence-corrected chi connectivity index (χ2v) is 12.0. The van der Waals surface area contributed by atoms with E-state index in [-0.39, 0.29) is 18.1 Å². The van der Waals surface area contributed by atoms with E-state index < -0.39 is 5.41 Å². The second-order valence-electron chi connectivity index (χ2n) is 11.6. The highest BCUT2D eigenvalue weighted by Gasteiger charge is 2.29. The van der Waals surface area contributed by atoms with E-state index in [2.05, 4.69) is 35.7 Å². The van der Waals surface area contributed by atoms with Gasteiger partial charge in [-0.15, -0.1) is 0 Å². The number of rotatable bonds is 14. The Morgan fingerprint density at radius 3 is 2.56 bits per heavy atom. The molecule has 2 aromatic carbocycles. The van der Waals surface area contributed by atoms with Crippen LogP contribution in [0.5, 0.6) is 5.75 Å². The van der Waals surface area contributed by atoms with Gasteiger partial charge in [0.2, 0.25) is 0 Å². The molecule has 1 N–H and O–H groups in total. The van der Waals surface area contributed by atoms with Crippen molar-refractivity contribution in [3.8, 4) is 5.75 Å². The molecule has 0 radical (unpaired) electrons. The zero-order valence-corrected chi connectivity index (χ0v) is 25.3. The first kappa shape index (κ1) is 32.1. The summed E-state index contributed by atoms with van der Waals surface area (Å²) in [5.41, 5.74) is 1.80. The van der Waals surface area contributed by atoms with Crippen LogP contribution in [0.3, 0.4) is 0 Å². The molecule has 2 atom stereocenters. The summed E-state index contributed by atoms with van der Waals surface area (Å²) in [6, 6.07) is 12.5. The maximum Gasteiger partial charge on any atom is 0.410 e. The van der Waals surface area contributed by atoms with Crippen LogP contribution < -0.4 is 10.1 Å². The Morgan fingerprint density at radius 1 is 1.15 bits per heavy atom. The number of aliphatic imine (C=N–C) groups is 2. The third-order valence-corrected chi connectivity index (χ3v) is 7.49. The number of ether oxygens (including phenoxy) is 2. The van der Waals surface area contributed by atoms with E-state index in [1.165, 1.54) is 6.42 Å². The maximum atomic E-state index is 13.4. The lowest BCUT2D eigenvalue weighted by atomic mass is 9.89. The summed E-state index contributed by atoms with van der Waals surface area (Å²) >= 11 is 6.37. The summed E-state index contributed by atoms with van der Waals surface area (Å²) in [5, 5.41) is 3.52. The largest absolute Gasteiger partial charge is 0.492 e. The molecule has 0 aliphatic heterocycles. The van der Waals surface area contributed by atoms with Gasteiger partial charge in [-0.2, -0.15) is 0 Å². The third kappa shape index (κ3) is 10.5. The quantitative estimate of drug-likeness (QED) is 0.190. The minimum Gasteiger partial charge on any atom is -0.492 e. The number of nitrogens with one attached hydrogen (secondary N) is 1. The van der Waals surface area contributed by atoms with Crippen LogP contribution >= 0.6 is 11.6 Å². The van der Waals surface area contributed by atoms with Gasteiger partial charge in [0.1, 0.15) is 11.9 Å².